The van der Waals surface area contributed by atoms with Crippen LogP contribution in [-0.4, -0.2) is 18.2 Å². The summed E-state index contributed by atoms with van der Waals surface area (Å²) >= 11 is 0. The summed E-state index contributed by atoms with van der Waals surface area (Å²) in [5.74, 6) is 0.811. The Kier molecular flexibility index (Phi) is 4.40. The molecule has 0 saturated carbocycles. The number of amides is 1. The van der Waals surface area contributed by atoms with Gasteiger partial charge in [0.1, 0.15) is 11.9 Å². The Morgan fingerprint density at radius 3 is 2.96 bits per heavy atom. The summed E-state index contributed by atoms with van der Waals surface area (Å²) in [5.41, 5.74) is 5.75. The first-order valence-corrected chi connectivity index (χ1v) is 8.77. The van der Waals surface area contributed by atoms with Crippen molar-refractivity contribution >= 4 is 22.9 Å². The van der Waals surface area contributed by atoms with Crippen LogP contribution in [0.15, 0.2) is 65.8 Å². The van der Waals surface area contributed by atoms with E-state index in [2.05, 4.69) is 23.5 Å². The fourth-order valence-corrected chi connectivity index (χ4v) is 3.36. The van der Waals surface area contributed by atoms with Crippen LogP contribution >= 0.6 is 0 Å². The molecule has 1 aliphatic heterocycles. The molecule has 0 aromatic heterocycles. The van der Waals surface area contributed by atoms with E-state index in [0.717, 1.165) is 34.1 Å². The van der Waals surface area contributed by atoms with Gasteiger partial charge in [0, 0.05) is 6.42 Å². The van der Waals surface area contributed by atoms with Crippen LogP contribution in [0.25, 0.3) is 10.8 Å². The van der Waals surface area contributed by atoms with Gasteiger partial charge in [0.05, 0.1) is 12.6 Å². The molecule has 4 nitrogen and oxygen atoms in total. The number of rotatable bonds is 4. The largest absolute Gasteiger partial charge is 0.490 e. The van der Waals surface area contributed by atoms with Gasteiger partial charge in [-0.2, -0.15) is 5.10 Å². The fraction of sp³-hybridized carbons (Fsp3) is 0.182. The molecular formula is C22H20N2O2. The molecule has 0 bridgehead atoms. The quantitative estimate of drug-likeness (QED) is 0.577. The van der Waals surface area contributed by atoms with Crippen LogP contribution in [0.4, 0.5) is 0 Å². The summed E-state index contributed by atoms with van der Waals surface area (Å²) < 4.78 is 5.69. The highest BCUT2D eigenvalue weighted by Gasteiger charge is 2.18. The monoisotopic (exact) mass is 344 g/mol. The first-order chi connectivity index (χ1) is 12.7. The molecule has 0 radical (unpaired) electrons. The molecule has 0 spiro atoms. The molecule has 26 heavy (non-hydrogen) atoms. The highest BCUT2D eigenvalue weighted by atomic mass is 16.5. The average molecular weight is 344 g/mol. The maximum Gasteiger partial charge on any atom is 0.244 e. The van der Waals surface area contributed by atoms with E-state index in [-0.39, 0.29) is 12.0 Å². The molecule has 1 N–H and O–H groups in total. The molecule has 3 aromatic rings. The number of nitrogens with zero attached hydrogens (tertiary/aromatic N) is 1. The lowest BCUT2D eigenvalue weighted by Gasteiger charge is -2.05. The standard InChI is InChI=1S/C22H20N2O2/c1-15-11-19-12-16(9-10-21(19)26-15)14-23-24-22(25)13-18-7-4-6-17-5-2-3-8-20(17)18/h2-10,12,14-15H,11,13H2,1H3,(H,24,25)/b23-14+/t15-/m1/s1. The first-order valence-electron chi connectivity index (χ1n) is 8.77. The van der Waals surface area contributed by atoms with E-state index in [4.69, 9.17) is 4.74 Å². The molecule has 0 aliphatic carbocycles. The Bertz CT molecular complexity index is 989. The normalized spacial score (nSPS) is 15.8. The zero-order valence-electron chi connectivity index (χ0n) is 14.6. The van der Waals surface area contributed by atoms with Crippen molar-refractivity contribution < 1.29 is 9.53 Å². The number of hydrazone groups is 1. The number of carbonyl (C=O) groups is 1. The number of carbonyl (C=O) groups excluding carboxylic acids is 1. The zero-order valence-corrected chi connectivity index (χ0v) is 14.6. The van der Waals surface area contributed by atoms with Crippen molar-refractivity contribution in [1.29, 1.82) is 0 Å². The maximum absolute atomic E-state index is 12.2. The predicted molar refractivity (Wildman–Crippen MR) is 104 cm³/mol. The molecule has 0 unspecified atom stereocenters. The van der Waals surface area contributed by atoms with Crippen molar-refractivity contribution in [2.75, 3.05) is 0 Å². The summed E-state index contributed by atoms with van der Waals surface area (Å²) in [5, 5.41) is 6.33. The third-order valence-corrected chi connectivity index (χ3v) is 4.55. The van der Waals surface area contributed by atoms with E-state index in [1.54, 1.807) is 6.21 Å². The fourth-order valence-electron chi connectivity index (χ4n) is 3.36. The minimum Gasteiger partial charge on any atom is -0.490 e. The number of fused-ring (bicyclic) bond motifs is 2. The van der Waals surface area contributed by atoms with Crippen LogP contribution in [0.3, 0.4) is 0 Å². The average Bonchev–Trinajstić information content (AvgIpc) is 3.01. The smallest absolute Gasteiger partial charge is 0.244 e. The molecule has 130 valence electrons. The molecule has 1 amide bonds. The van der Waals surface area contributed by atoms with Gasteiger partial charge in [0.25, 0.3) is 0 Å². The molecule has 1 atom stereocenters. The Labute approximate surface area is 152 Å². The van der Waals surface area contributed by atoms with Crippen LogP contribution in [-0.2, 0) is 17.6 Å². The highest BCUT2D eigenvalue weighted by Crippen LogP contribution is 2.28. The van der Waals surface area contributed by atoms with Gasteiger partial charge >= 0.3 is 0 Å². The van der Waals surface area contributed by atoms with Crippen LogP contribution in [0.1, 0.15) is 23.6 Å². The second-order valence-corrected chi connectivity index (χ2v) is 6.61. The second-order valence-electron chi connectivity index (χ2n) is 6.61. The Hall–Kier alpha value is -3.14. The molecule has 3 aromatic carbocycles. The van der Waals surface area contributed by atoms with Gasteiger partial charge in [-0.3, -0.25) is 4.79 Å². The van der Waals surface area contributed by atoms with Crippen molar-refractivity contribution in [2.45, 2.75) is 25.9 Å². The Morgan fingerprint density at radius 1 is 1.19 bits per heavy atom. The maximum atomic E-state index is 12.2. The van der Waals surface area contributed by atoms with Crippen molar-refractivity contribution in [3.05, 3.63) is 77.4 Å². The van der Waals surface area contributed by atoms with Gasteiger partial charge < -0.3 is 4.74 Å². The first kappa shape index (κ1) is 16.3. The summed E-state index contributed by atoms with van der Waals surface area (Å²) in [4.78, 5) is 12.2. The van der Waals surface area contributed by atoms with Crippen molar-refractivity contribution in [2.24, 2.45) is 5.10 Å². The third kappa shape index (κ3) is 3.45. The molecular weight excluding hydrogens is 324 g/mol. The van der Waals surface area contributed by atoms with E-state index in [1.807, 2.05) is 54.6 Å². The third-order valence-electron chi connectivity index (χ3n) is 4.55. The Balaban J connectivity index is 1.41. The SMILES string of the molecule is C[C@@H]1Cc2cc(/C=N/NC(=O)Cc3cccc4ccccc34)ccc2O1. The van der Waals surface area contributed by atoms with Crippen molar-refractivity contribution in [3.8, 4) is 5.75 Å². The van der Waals surface area contributed by atoms with E-state index in [9.17, 15) is 4.79 Å². The second kappa shape index (κ2) is 7.00. The van der Waals surface area contributed by atoms with E-state index < -0.39 is 0 Å². The van der Waals surface area contributed by atoms with Crippen LogP contribution in [0.5, 0.6) is 5.75 Å². The van der Waals surface area contributed by atoms with Crippen LogP contribution in [0.2, 0.25) is 0 Å². The van der Waals surface area contributed by atoms with Crippen molar-refractivity contribution in [1.82, 2.24) is 5.43 Å². The van der Waals surface area contributed by atoms with E-state index in [0.29, 0.717) is 6.42 Å². The highest BCUT2D eigenvalue weighted by molar-refractivity contribution is 5.90. The van der Waals surface area contributed by atoms with Gasteiger partial charge in [-0.25, -0.2) is 5.43 Å². The van der Waals surface area contributed by atoms with E-state index in [1.165, 1.54) is 5.56 Å². The number of ether oxygens (including phenoxy) is 1. The van der Waals surface area contributed by atoms with Gasteiger partial charge in [0.15, 0.2) is 0 Å². The van der Waals surface area contributed by atoms with Gasteiger partial charge in [-0.1, -0.05) is 42.5 Å². The topological polar surface area (TPSA) is 50.7 Å². The predicted octanol–water partition coefficient (Wildman–Crippen LogP) is 3.86. The molecule has 1 aliphatic rings. The van der Waals surface area contributed by atoms with Crippen LogP contribution in [0, 0.1) is 0 Å². The summed E-state index contributed by atoms with van der Waals surface area (Å²) in [6.07, 6.45) is 3.10. The number of hydrogen-bond acceptors (Lipinski definition) is 3. The Morgan fingerprint density at radius 2 is 2.04 bits per heavy atom. The summed E-state index contributed by atoms with van der Waals surface area (Å²) in [6, 6.07) is 20.0. The van der Waals surface area contributed by atoms with Gasteiger partial charge in [-0.05, 0) is 52.6 Å². The molecule has 4 heteroatoms. The minimum absolute atomic E-state index is 0.129. The van der Waals surface area contributed by atoms with Gasteiger partial charge in [0.2, 0.25) is 5.91 Å². The molecule has 1 heterocycles. The molecule has 4 rings (SSSR count). The lowest BCUT2D eigenvalue weighted by Crippen LogP contribution is -2.19. The number of hydrogen-bond donors (Lipinski definition) is 1. The zero-order chi connectivity index (χ0) is 17.9. The van der Waals surface area contributed by atoms with Gasteiger partial charge in [-0.15, -0.1) is 0 Å². The van der Waals surface area contributed by atoms with E-state index >= 15 is 0 Å². The number of nitrogens with one attached hydrogen (secondary N) is 1. The van der Waals surface area contributed by atoms with Crippen molar-refractivity contribution in [3.63, 3.8) is 0 Å². The summed E-state index contributed by atoms with van der Waals surface area (Å²) in [6.45, 7) is 2.06. The lowest BCUT2D eigenvalue weighted by molar-refractivity contribution is -0.120. The summed E-state index contributed by atoms with van der Waals surface area (Å²) in [7, 11) is 0. The van der Waals surface area contributed by atoms with Crippen LogP contribution < -0.4 is 10.2 Å². The molecule has 0 fully saturated rings. The number of benzene rings is 3. The molecule has 0 saturated heterocycles. The lowest BCUT2D eigenvalue weighted by atomic mass is 10.0. The minimum atomic E-state index is -0.129.